The Hall–Kier alpha value is -3.85. The van der Waals surface area contributed by atoms with Gasteiger partial charge in [0.25, 0.3) is 11.6 Å². The molecule has 1 N–H and O–H groups in total. The van der Waals surface area contributed by atoms with E-state index in [1.165, 1.54) is 36.0 Å². The van der Waals surface area contributed by atoms with Crippen LogP contribution in [-0.4, -0.2) is 29.1 Å². The topological polar surface area (TPSA) is 102 Å². The molecule has 1 atom stereocenters. The zero-order valence-corrected chi connectivity index (χ0v) is 18.6. The smallest absolute Gasteiger partial charge is 0.269 e. The fraction of sp³-hybridized carbons (Fsp3) is 0.167. The molecule has 0 aromatic heterocycles. The lowest BCUT2D eigenvalue weighted by molar-refractivity contribution is -0.384. The summed E-state index contributed by atoms with van der Waals surface area (Å²) in [6.07, 6.45) is 0. The van der Waals surface area contributed by atoms with E-state index in [1.807, 2.05) is 43.3 Å². The van der Waals surface area contributed by atoms with Gasteiger partial charge in [-0.2, -0.15) is 0 Å². The average molecular weight is 464 g/mol. The van der Waals surface area contributed by atoms with Crippen LogP contribution >= 0.6 is 11.8 Å². The SMILES string of the molecule is CCOc1ccccc1N1C(=O)CS[C@@H]1c1ccc(NC(=O)c2ccc([N+](=O)[O-])cc2)cc1. The Bertz CT molecular complexity index is 1180. The maximum atomic E-state index is 12.7. The van der Waals surface area contributed by atoms with Crippen LogP contribution < -0.4 is 15.0 Å². The molecule has 168 valence electrons. The molecule has 3 aromatic carbocycles. The van der Waals surface area contributed by atoms with Crippen molar-refractivity contribution in [2.75, 3.05) is 22.6 Å². The summed E-state index contributed by atoms with van der Waals surface area (Å²) in [4.78, 5) is 37.2. The normalized spacial score (nSPS) is 15.4. The average Bonchev–Trinajstić information content (AvgIpc) is 3.21. The fourth-order valence-corrected chi connectivity index (χ4v) is 4.70. The second kappa shape index (κ2) is 9.74. The molecule has 3 aromatic rings. The highest BCUT2D eigenvalue weighted by Crippen LogP contribution is 2.44. The van der Waals surface area contributed by atoms with Crippen molar-refractivity contribution in [3.05, 3.63) is 94.0 Å². The van der Waals surface area contributed by atoms with Gasteiger partial charge in [-0.15, -0.1) is 11.8 Å². The Morgan fingerprint density at radius 3 is 2.48 bits per heavy atom. The van der Waals surface area contributed by atoms with Crippen LogP contribution in [0, 0.1) is 10.1 Å². The van der Waals surface area contributed by atoms with Crippen molar-refractivity contribution >= 4 is 40.6 Å². The highest BCUT2D eigenvalue weighted by Gasteiger charge is 2.35. The van der Waals surface area contributed by atoms with E-state index in [1.54, 1.807) is 17.0 Å². The van der Waals surface area contributed by atoms with E-state index < -0.39 is 4.92 Å². The molecule has 1 saturated heterocycles. The standard InChI is InChI=1S/C24H21N3O5S/c1-2-32-21-6-4-3-5-20(21)26-22(28)15-33-24(26)17-7-11-18(12-8-17)25-23(29)16-9-13-19(14-10-16)27(30)31/h3-14,24H,2,15H2,1H3,(H,25,29)/t24-/m1/s1. The minimum atomic E-state index is -0.512. The molecule has 0 radical (unpaired) electrons. The van der Waals surface area contributed by atoms with E-state index in [9.17, 15) is 19.7 Å². The summed E-state index contributed by atoms with van der Waals surface area (Å²) >= 11 is 1.53. The Morgan fingerprint density at radius 1 is 1.12 bits per heavy atom. The summed E-state index contributed by atoms with van der Waals surface area (Å²) in [5, 5.41) is 13.3. The Kier molecular flexibility index (Phi) is 6.60. The number of non-ortho nitro benzene ring substituents is 1. The van der Waals surface area contributed by atoms with Gasteiger partial charge < -0.3 is 10.1 Å². The molecule has 0 bridgehead atoms. The van der Waals surface area contributed by atoms with Crippen LogP contribution in [-0.2, 0) is 4.79 Å². The number of rotatable bonds is 7. The van der Waals surface area contributed by atoms with Crippen LogP contribution in [0.25, 0.3) is 0 Å². The Morgan fingerprint density at radius 2 is 1.82 bits per heavy atom. The number of hydrogen-bond donors (Lipinski definition) is 1. The number of anilines is 2. The van der Waals surface area contributed by atoms with Gasteiger partial charge in [0.15, 0.2) is 0 Å². The summed E-state index contributed by atoms with van der Waals surface area (Å²) in [6.45, 7) is 2.40. The predicted octanol–water partition coefficient (Wildman–Crippen LogP) is 5.02. The molecular weight excluding hydrogens is 442 g/mol. The van der Waals surface area contributed by atoms with E-state index in [-0.39, 0.29) is 22.9 Å². The first-order valence-corrected chi connectivity index (χ1v) is 11.3. The molecule has 33 heavy (non-hydrogen) atoms. The predicted molar refractivity (Wildman–Crippen MR) is 128 cm³/mol. The number of amides is 2. The summed E-state index contributed by atoms with van der Waals surface area (Å²) in [7, 11) is 0. The van der Waals surface area contributed by atoms with Gasteiger partial charge in [-0.05, 0) is 48.9 Å². The highest BCUT2D eigenvalue weighted by molar-refractivity contribution is 8.00. The van der Waals surface area contributed by atoms with Crippen molar-refractivity contribution in [3.63, 3.8) is 0 Å². The van der Waals surface area contributed by atoms with Gasteiger partial charge in [0.2, 0.25) is 5.91 Å². The third-order valence-electron chi connectivity index (χ3n) is 5.09. The number of nitro groups is 1. The minimum absolute atomic E-state index is 0.00713. The lowest BCUT2D eigenvalue weighted by atomic mass is 10.1. The molecule has 9 heteroatoms. The molecule has 0 spiro atoms. The Labute approximate surface area is 194 Å². The lowest BCUT2D eigenvalue weighted by Gasteiger charge is -2.26. The molecular formula is C24H21N3O5S. The quantitative estimate of drug-likeness (QED) is 0.390. The second-order valence-corrected chi connectivity index (χ2v) is 8.28. The van der Waals surface area contributed by atoms with Crippen LogP contribution in [0.4, 0.5) is 17.1 Å². The van der Waals surface area contributed by atoms with Gasteiger partial charge in [-0.25, -0.2) is 0 Å². The number of nitrogens with one attached hydrogen (secondary N) is 1. The molecule has 8 nitrogen and oxygen atoms in total. The molecule has 0 aliphatic carbocycles. The molecule has 0 saturated carbocycles. The summed E-state index contributed by atoms with van der Waals surface area (Å²) < 4.78 is 5.72. The van der Waals surface area contributed by atoms with Crippen molar-refractivity contribution in [3.8, 4) is 5.75 Å². The number of thioether (sulfide) groups is 1. The summed E-state index contributed by atoms with van der Waals surface area (Å²) in [5.74, 6) is 0.667. The van der Waals surface area contributed by atoms with E-state index in [0.29, 0.717) is 29.4 Å². The molecule has 1 aliphatic heterocycles. The number of nitro benzene ring substituents is 1. The molecule has 1 fully saturated rings. The first-order valence-electron chi connectivity index (χ1n) is 10.3. The highest BCUT2D eigenvalue weighted by atomic mass is 32.2. The van der Waals surface area contributed by atoms with Crippen molar-refractivity contribution in [2.24, 2.45) is 0 Å². The van der Waals surface area contributed by atoms with Crippen molar-refractivity contribution in [1.29, 1.82) is 0 Å². The molecule has 1 heterocycles. The third-order valence-corrected chi connectivity index (χ3v) is 6.30. The van der Waals surface area contributed by atoms with Crippen molar-refractivity contribution < 1.29 is 19.2 Å². The van der Waals surface area contributed by atoms with E-state index >= 15 is 0 Å². The van der Waals surface area contributed by atoms with Crippen molar-refractivity contribution in [1.82, 2.24) is 0 Å². The minimum Gasteiger partial charge on any atom is -0.492 e. The number of nitrogens with zero attached hydrogens (tertiary/aromatic N) is 2. The van der Waals surface area contributed by atoms with Gasteiger partial charge in [0, 0.05) is 23.4 Å². The maximum Gasteiger partial charge on any atom is 0.269 e. The zero-order valence-electron chi connectivity index (χ0n) is 17.8. The number of carbonyl (C=O) groups excluding carboxylic acids is 2. The molecule has 1 aliphatic rings. The number of benzene rings is 3. The van der Waals surface area contributed by atoms with Crippen LogP contribution in [0.5, 0.6) is 5.75 Å². The molecule has 0 unspecified atom stereocenters. The first-order chi connectivity index (χ1) is 16.0. The van der Waals surface area contributed by atoms with Crippen molar-refractivity contribution in [2.45, 2.75) is 12.3 Å². The van der Waals surface area contributed by atoms with Gasteiger partial charge in [0.05, 0.1) is 23.0 Å². The van der Waals surface area contributed by atoms with E-state index in [2.05, 4.69) is 5.32 Å². The number of ether oxygens (including phenoxy) is 1. The third kappa shape index (κ3) is 4.83. The number of hydrogen-bond acceptors (Lipinski definition) is 6. The largest absolute Gasteiger partial charge is 0.492 e. The number of carbonyl (C=O) groups is 2. The van der Waals surface area contributed by atoms with Crippen LogP contribution in [0.2, 0.25) is 0 Å². The zero-order chi connectivity index (χ0) is 23.4. The molecule has 4 rings (SSSR count). The van der Waals surface area contributed by atoms with E-state index in [0.717, 1.165) is 11.3 Å². The van der Waals surface area contributed by atoms with Crippen LogP contribution in [0.3, 0.4) is 0 Å². The summed E-state index contributed by atoms with van der Waals surface area (Å²) in [5.41, 5.74) is 2.48. The van der Waals surface area contributed by atoms with Crippen LogP contribution in [0.1, 0.15) is 28.2 Å². The first kappa shape index (κ1) is 22.3. The number of para-hydroxylation sites is 2. The van der Waals surface area contributed by atoms with Gasteiger partial charge in [-0.1, -0.05) is 24.3 Å². The van der Waals surface area contributed by atoms with E-state index in [4.69, 9.17) is 4.74 Å². The fourth-order valence-electron chi connectivity index (χ4n) is 3.53. The van der Waals surface area contributed by atoms with Gasteiger partial charge >= 0.3 is 0 Å². The Balaban J connectivity index is 1.51. The summed E-state index contributed by atoms with van der Waals surface area (Å²) in [6, 6.07) is 20.2. The second-order valence-electron chi connectivity index (χ2n) is 7.21. The van der Waals surface area contributed by atoms with Crippen LogP contribution in [0.15, 0.2) is 72.8 Å². The van der Waals surface area contributed by atoms with Gasteiger partial charge in [-0.3, -0.25) is 24.6 Å². The maximum absolute atomic E-state index is 12.7. The molecule has 2 amide bonds. The van der Waals surface area contributed by atoms with Gasteiger partial charge in [0.1, 0.15) is 11.1 Å². The monoisotopic (exact) mass is 463 g/mol. The lowest BCUT2D eigenvalue weighted by Crippen LogP contribution is -2.28.